The van der Waals surface area contributed by atoms with Crippen LogP contribution in [0.5, 0.6) is 0 Å². The molecule has 2 heterocycles. The van der Waals surface area contributed by atoms with Crippen LogP contribution in [0.3, 0.4) is 0 Å². The fourth-order valence-electron chi connectivity index (χ4n) is 1.97. The van der Waals surface area contributed by atoms with Crippen molar-refractivity contribution in [2.75, 3.05) is 0 Å². The Morgan fingerprint density at radius 1 is 1.35 bits per heavy atom. The molecule has 0 spiro atoms. The summed E-state index contributed by atoms with van der Waals surface area (Å²) in [6.07, 6.45) is 1.69. The molecule has 7 heteroatoms. The van der Waals surface area contributed by atoms with Gasteiger partial charge in [0.05, 0.1) is 23.3 Å². The van der Waals surface area contributed by atoms with Gasteiger partial charge in [0, 0.05) is 6.20 Å². The van der Waals surface area contributed by atoms with E-state index < -0.39 is 5.97 Å². The predicted molar refractivity (Wildman–Crippen MR) is 70.4 cm³/mol. The summed E-state index contributed by atoms with van der Waals surface area (Å²) < 4.78 is 1.68. The molecule has 0 amide bonds. The zero-order valence-electron chi connectivity index (χ0n) is 10.7. The average Bonchev–Trinajstić information content (AvgIpc) is 2.81. The van der Waals surface area contributed by atoms with Crippen molar-refractivity contribution in [2.45, 2.75) is 13.5 Å². The highest BCUT2D eigenvalue weighted by Gasteiger charge is 2.09. The summed E-state index contributed by atoms with van der Waals surface area (Å²) in [5, 5.41) is 17.0. The first-order chi connectivity index (χ1) is 9.63. The summed E-state index contributed by atoms with van der Waals surface area (Å²) >= 11 is 0. The van der Waals surface area contributed by atoms with E-state index in [1.807, 2.05) is 13.0 Å². The maximum atomic E-state index is 10.9. The molecule has 0 fully saturated rings. The van der Waals surface area contributed by atoms with E-state index in [4.69, 9.17) is 5.11 Å². The lowest BCUT2D eigenvalue weighted by atomic mass is 10.2. The van der Waals surface area contributed by atoms with Gasteiger partial charge >= 0.3 is 5.97 Å². The van der Waals surface area contributed by atoms with Crippen LogP contribution in [0.15, 0.2) is 30.5 Å². The van der Waals surface area contributed by atoms with Gasteiger partial charge in [0.2, 0.25) is 0 Å². The van der Waals surface area contributed by atoms with Crippen molar-refractivity contribution in [3.05, 3.63) is 47.5 Å². The van der Waals surface area contributed by atoms with Gasteiger partial charge in [-0.3, -0.25) is 0 Å². The molecule has 0 aliphatic carbocycles. The van der Waals surface area contributed by atoms with Crippen LogP contribution >= 0.6 is 0 Å². The second-order valence-corrected chi connectivity index (χ2v) is 4.35. The van der Waals surface area contributed by atoms with Crippen LogP contribution in [0.4, 0.5) is 0 Å². The smallest absolute Gasteiger partial charge is 0.335 e. The van der Waals surface area contributed by atoms with Gasteiger partial charge in [-0.1, -0.05) is 5.21 Å². The molecule has 0 aliphatic heterocycles. The molecule has 0 aliphatic rings. The minimum absolute atomic E-state index is 0.197. The number of carboxylic acids is 1. The topological polar surface area (TPSA) is 93.8 Å². The van der Waals surface area contributed by atoms with E-state index in [0.717, 1.165) is 11.2 Å². The summed E-state index contributed by atoms with van der Waals surface area (Å²) in [4.78, 5) is 19.3. The summed E-state index contributed by atoms with van der Waals surface area (Å²) in [7, 11) is 0. The number of carboxylic acid groups (broad SMARTS) is 1. The summed E-state index contributed by atoms with van der Waals surface area (Å²) in [5.74, 6) is -0.284. The van der Waals surface area contributed by atoms with E-state index in [1.54, 1.807) is 16.9 Å². The first-order valence-electron chi connectivity index (χ1n) is 5.98. The van der Waals surface area contributed by atoms with Gasteiger partial charge in [-0.25, -0.2) is 19.4 Å². The number of aryl methyl sites for hydroxylation is 1. The van der Waals surface area contributed by atoms with E-state index in [-0.39, 0.29) is 5.56 Å². The zero-order chi connectivity index (χ0) is 14.1. The lowest BCUT2D eigenvalue weighted by Gasteiger charge is -2.02. The largest absolute Gasteiger partial charge is 0.478 e. The number of rotatable bonds is 3. The molecule has 1 aromatic carbocycles. The maximum absolute atomic E-state index is 10.9. The normalized spacial score (nSPS) is 10.8. The Bertz CT molecular complexity index is 796. The number of hydrogen-bond donors (Lipinski definition) is 1. The van der Waals surface area contributed by atoms with Crippen molar-refractivity contribution in [3.8, 4) is 0 Å². The molecule has 3 aromatic rings. The molecule has 0 bridgehead atoms. The SMILES string of the molecule is Cc1nccc(Cn2nnc3cc(C(=O)O)ccc32)n1. The quantitative estimate of drug-likeness (QED) is 0.769. The summed E-state index contributed by atoms with van der Waals surface area (Å²) in [6, 6.07) is 6.56. The van der Waals surface area contributed by atoms with Crippen LogP contribution in [0.25, 0.3) is 11.0 Å². The lowest BCUT2D eigenvalue weighted by Crippen LogP contribution is -2.05. The van der Waals surface area contributed by atoms with Gasteiger partial charge in [-0.15, -0.1) is 5.10 Å². The average molecular weight is 269 g/mol. The van der Waals surface area contributed by atoms with Crippen LogP contribution in [0, 0.1) is 6.92 Å². The van der Waals surface area contributed by atoms with Crippen LogP contribution in [-0.4, -0.2) is 36.0 Å². The molecule has 2 aromatic heterocycles. The Hall–Kier alpha value is -2.83. The van der Waals surface area contributed by atoms with Gasteiger partial charge in [-0.05, 0) is 31.2 Å². The molecule has 20 heavy (non-hydrogen) atoms. The Morgan fingerprint density at radius 2 is 2.20 bits per heavy atom. The predicted octanol–water partition coefficient (Wildman–Crippen LogP) is 1.28. The Labute approximate surface area is 113 Å². The van der Waals surface area contributed by atoms with Crippen LogP contribution in [-0.2, 0) is 6.54 Å². The van der Waals surface area contributed by atoms with Crippen LogP contribution in [0.2, 0.25) is 0 Å². The molecule has 100 valence electrons. The second kappa shape index (κ2) is 4.69. The highest BCUT2D eigenvalue weighted by molar-refractivity contribution is 5.92. The standard InChI is InChI=1S/C13H11N5O2/c1-8-14-5-4-10(15-8)7-18-12-3-2-9(13(19)20)6-11(12)16-17-18/h2-6H,7H2,1H3,(H,19,20). The Morgan fingerprint density at radius 3 is 2.95 bits per heavy atom. The third kappa shape index (κ3) is 2.20. The molecule has 7 nitrogen and oxygen atoms in total. The molecule has 0 unspecified atom stereocenters. The van der Waals surface area contributed by atoms with Crippen molar-refractivity contribution in [3.63, 3.8) is 0 Å². The first-order valence-corrected chi connectivity index (χ1v) is 5.98. The number of aromatic carboxylic acids is 1. The van der Waals surface area contributed by atoms with Gasteiger partial charge in [0.25, 0.3) is 0 Å². The Kier molecular flexibility index (Phi) is 2.86. The Balaban J connectivity index is 1.98. The van der Waals surface area contributed by atoms with Gasteiger partial charge in [0.1, 0.15) is 11.3 Å². The number of aromatic nitrogens is 5. The van der Waals surface area contributed by atoms with Crippen molar-refractivity contribution in [2.24, 2.45) is 0 Å². The van der Waals surface area contributed by atoms with Gasteiger partial charge in [0.15, 0.2) is 0 Å². The molecular weight excluding hydrogens is 258 g/mol. The van der Waals surface area contributed by atoms with E-state index >= 15 is 0 Å². The number of hydrogen-bond acceptors (Lipinski definition) is 5. The maximum Gasteiger partial charge on any atom is 0.335 e. The molecule has 0 saturated carbocycles. The molecule has 0 saturated heterocycles. The molecule has 1 N–H and O–H groups in total. The number of nitrogens with zero attached hydrogens (tertiary/aromatic N) is 5. The first kappa shape index (κ1) is 12.2. The van der Waals surface area contributed by atoms with Crippen LogP contribution in [0.1, 0.15) is 21.9 Å². The van der Waals surface area contributed by atoms with Crippen molar-refractivity contribution >= 4 is 17.0 Å². The highest BCUT2D eigenvalue weighted by Crippen LogP contribution is 2.14. The number of fused-ring (bicyclic) bond motifs is 1. The molecule has 0 atom stereocenters. The van der Waals surface area contributed by atoms with E-state index in [0.29, 0.717) is 17.9 Å². The van der Waals surface area contributed by atoms with Gasteiger partial charge in [-0.2, -0.15) is 0 Å². The third-order valence-corrected chi connectivity index (χ3v) is 2.91. The van der Waals surface area contributed by atoms with Crippen molar-refractivity contribution in [1.82, 2.24) is 25.0 Å². The molecular formula is C13H11N5O2. The molecule has 0 radical (unpaired) electrons. The fourth-order valence-corrected chi connectivity index (χ4v) is 1.97. The summed E-state index contributed by atoms with van der Waals surface area (Å²) in [5.41, 5.74) is 2.34. The third-order valence-electron chi connectivity index (χ3n) is 2.91. The second-order valence-electron chi connectivity index (χ2n) is 4.35. The van der Waals surface area contributed by atoms with E-state index in [2.05, 4.69) is 20.3 Å². The number of carbonyl (C=O) groups is 1. The lowest BCUT2D eigenvalue weighted by molar-refractivity contribution is 0.0697. The van der Waals surface area contributed by atoms with Gasteiger partial charge < -0.3 is 5.11 Å². The zero-order valence-corrected chi connectivity index (χ0v) is 10.7. The van der Waals surface area contributed by atoms with Crippen molar-refractivity contribution < 1.29 is 9.90 Å². The van der Waals surface area contributed by atoms with E-state index in [1.165, 1.54) is 12.1 Å². The number of benzene rings is 1. The monoisotopic (exact) mass is 269 g/mol. The molecule has 3 rings (SSSR count). The highest BCUT2D eigenvalue weighted by atomic mass is 16.4. The van der Waals surface area contributed by atoms with Crippen molar-refractivity contribution in [1.29, 1.82) is 0 Å². The summed E-state index contributed by atoms with van der Waals surface area (Å²) in [6.45, 7) is 2.29. The minimum Gasteiger partial charge on any atom is -0.478 e. The fraction of sp³-hybridized carbons (Fsp3) is 0.154. The minimum atomic E-state index is -0.979. The van der Waals surface area contributed by atoms with E-state index in [9.17, 15) is 4.79 Å². The van der Waals surface area contributed by atoms with Crippen LogP contribution < -0.4 is 0 Å².